The molecule has 1 aromatic rings. The van der Waals surface area contributed by atoms with E-state index in [0.717, 1.165) is 13.0 Å². The lowest BCUT2D eigenvalue weighted by atomic mass is 10.1. The van der Waals surface area contributed by atoms with E-state index in [2.05, 4.69) is 43.4 Å². The Morgan fingerprint density at radius 3 is 2.42 bits per heavy atom. The molecule has 1 rings (SSSR count). The van der Waals surface area contributed by atoms with Crippen LogP contribution in [0.5, 0.6) is 0 Å². The van der Waals surface area contributed by atoms with Gasteiger partial charge in [0.15, 0.2) is 0 Å². The van der Waals surface area contributed by atoms with E-state index in [0.29, 0.717) is 13.2 Å². The first kappa shape index (κ1) is 16.2. The van der Waals surface area contributed by atoms with Gasteiger partial charge in [-0.1, -0.05) is 36.8 Å². The van der Waals surface area contributed by atoms with Gasteiger partial charge in [0.05, 0.1) is 25.4 Å². The maximum Gasteiger partial charge on any atom is 0.0781 e. The molecule has 0 spiro atoms. The van der Waals surface area contributed by atoms with Gasteiger partial charge >= 0.3 is 0 Å². The fraction of sp³-hybridized carbons (Fsp3) is 0.625. The molecule has 0 aliphatic heterocycles. The van der Waals surface area contributed by atoms with E-state index in [1.54, 1.807) is 7.11 Å². The number of methoxy groups -OCH3 is 1. The number of aryl methyl sites for hydroxylation is 1. The molecule has 0 bridgehead atoms. The molecule has 1 N–H and O–H groups in total. The quantitative estimate of drug-likeness (QED) is 0.744. The van der Waals surface area contributed by atoms with Crippen LogP contribution < -0.4 is 5.32 Å². The van der Waals surface area contributed by atoms with E-state index in [4.69, 9.17) is 9.47 Å². The van der Waals surface area contributed by atoms with Gasteiger partial charge in [-0.2, -0.15) is 0 Å². The van der Waals surface area contributed by atoms with E-state index < -0.39 is 0 Å². The summed E-state index contributed by atoms with van der Waals surface area (Å²) in [6.45, 7) is 8.63. The second kappa shape index (κ2) is 9.08. The van der Waals surface area contributed by atoms with Gasteiger partial charge in [-0.15, -0.1) is 0 Å². The summed E-state index contributed by atoms with van der Waals surface area (Å²) in [7, 11) is 1.70. The lowest BCUT2D eigenvalue weighted by Crippen LogP contribution is -2.29. The third-order valence-electron chi connectivity index (χ3n) is 3.07. The summed E-state index contributed by atoms with van der Waals surface area (Å²) in [6.07, 6.45) is 1.25. The zero-order valence-corrected chi connectivity index (χ0v) is 12.6. The van der Waals surface area contributed by atoms with Gasteiger partial charge in [0.1, 0.15) is 0 Å². The predicted octanol–water partition coefficient (Wildman–Crippen LogP) is 3.09. The van der Waals surface area contributed by atoms with Gasteiger partial charge in [0.2, 0.25) is 0 Å². The summed E-state index contributed by atoms with van der Waals surface area (Å²) in [4.78, 5) is 0. The number of hydrogen-bond donors (Lipinski definition) is 1. The van der Waals surface area contributed by atoms with Crippen LogP contribution in [0.25, 0.3) is 0 Å². The zero-order valence-electron chi connectivity index (χ0n) is 12.6. The predicted molar refractivity (Wildman–Crippen MR) is 79.5 cm³/mol. The summed E-state index contributed by atoms with van der Waals surface area (Å²) >= 11 is 0. The van der Waals surface area contributed by atoms with E-state index in [-0.39, 0.29) is 12.1 Å². The summed E-state index contributed by atoms with van der Waals surface area (Å²) in [5.41, 5.74) is 2.57. The van der Waals surface area contributed by atoms with Crippen molar-refractivity contribution in [2.24, 2.45) is 0 Å². The SMILES string of the molecule is CCCNC(COC(C)COC)c1ccc(C)cc1. The van der Waals surface area contributed by atoms with Crippen molar-refractivity contribution in [3.05, 3.63) is 35.4 Å². The molecule has 0 aliphatic rings. The minimum absolute atomic E-state index is 0.126. The van der Waals surface area contributed by atoms with Crippen molar-refractivity contribution in [3.8, 4) is 0 Å². The first-order valence-electron chi connectivity index (χ1n) is 7.07. The molecule has 1 aromatic carbocycles. The topological polar surface area (TPSA) is 30.5 Å². The normalized spacial score (nSPS) is 14.3. The van der Waals surface area contributed by atoms with Crippen LogP contribution in [0, 0.1) is 6.92 Å². The molecule has 0 aliphatic carbocycles. The minimum atomic E-state index is 0.126. The molecule has 2 unspecified atom stereocenters. The van der Waals surface area contributed by atoms with Crippen LogP contribution >= 0.6 is 0 Å². The monoisotopic (exact) mass is 265 g/mol. The smallest absolute Gasteiger partial charge is 0.0781 e. The summed E-state index contributed by atoms with van der Waals surface area (Å²) in [6, 6.07) is 8.89. The van der Waals surface area contributed by atoms with Crippen molar-refractivity contribution < 1.29 is 9.47 Å². The van der Waals surface area contributed by atoms with Gasteiger partial charge in [0.25, 0.3) is 0 Å². The second-order valence-corrected chi connectivity index (χ2v) is 5.02. The first-order chi connectivity index (χ1) is 9.17. The summed E-state index contributed by atoms with van der Waals surface area (Å²) < 4.78 is 10.9. The molecule has 3 nitrogen and oxygen atoms in total. The average molecular weight is 265 g/mol. The van der Waals surface area contributed by atoms with Gasteiger partial charge < -0.3 is 14.8 Å². The highest BCUT2D eigenvalue weighted by Crippen LogP contribution is 2.15. The molecule has 108 valence electrons. The number of benzene rings is 1. The fourth-order valence-electron chi connectivity index (χ4n) is 1.93. The zero-order chi connectivity index (χ0) is 14.1. The number of nitrogens with one attached hydrogen (secondary N) is 1. The van der Waals surface area contributed by atoms with Crippen molar-refractivity contribution in [3.63, 3.8) is 0 Å². The maximum atomic E-state index is 5.84. The van der Waals surface area contributed by atoms with E-state index in [1.807, 2.05) is 6.92 Å². The third-order valence-corrected chi connectivity index (χ3v) is 3.07. The van der Waals surface area contributed by atoms with Crippen LogP contribution in [-0.2, 0) is 9.47 Å². The molecule has 0 radical (unpaired) electrons. The van der Waals surface area contributed by atoms with Gasteiger partial charge in [-0.3, -0.25) is 0 Å². The Morgan fingerprint density at radius 1 is 1.16 bits per heavy atom. The summed E-state index contributed by atoms with van der Waals surface area (Å²) in [5.74, 6) is 0. The number of hydrogen-bond acceptors (Lipinski definition) is 3. The fourth-order valence-corrected chi connectivity index (χ4v) is 1.93. The molecule has 0 amide bonds. The van der Waals surface area contributed by atoms with E-state index in [9.17, 15) is 0 Å². The molecule has 0 heterocycles. The Bertz CT molecular complexity index is 337. The van der Waals surface area contributed by atoms with Crippen LogP contribution in [0.2, 0.25) is 0 Å². The maximum absolute atomic E-state index is 5.84. The molecular formula is C16H27NO2. The molecule has 3 heteroatoms. The molecular weight excluding hydrogens is 238 g/mol. The van der Waals surface area contributed by atoms with Crippen LogP contribution in [0.1, 0.15) is 37.4 Å². The number of rotatable bonds is 9. The van der Waals surface area contributed by atoms with Crippen LogP contribution in [-0.4, -0.2) is 33.0 Å². The molecule has 0 saturated heterocycles. The largest absolute Gasteiger partial charge is 0.382 e. The Morgan fingerprint density at radius 2 is 1.84 bits per heavy atom. The minimum Gasteiger partial charge on any atom is -0.382 e. The lowest BCUT2D eigenvalue weighted by Gasteiger charge is -2.21. The first-order valence-corrected chi connectivity index (χ1v) is 7.07. The standard InChI is InChI=1S/C16H27NO2/c1-5-10-17-16(12-19-14(3)11-18-4)15-8-6-13(2)7-9-15/h6-9,14,16-17H,5,10-12H2,1-4H3. The molecule has 0 saturated carbocycles. The highest BCUT2D eigenvalue weighted by molar-refractivity contribution is 5.24. The van der Waals surface area contributed by atoms with Crippen molar-refractivity contribution >= 4 is 0 Å². The van der Waals surface area contributed by atoms with Crippen molar-refractivity contribution in [1.29, 1.82) is 0 Å². The Kier molecular flexibility index (Phi) is 7.72. The molecule has 0 aromatic heterocycles. The Balaban J connectivity index is 2.58. The van der Waals surface area contributed by atoms with E-state index >= 15 is 0 Å². The van der Waals surface area contributed by atoms with Crippen molar-refractivity contribution in [2.45, 2.75) is 39.3 Å². The van der Waals surface area contributed by atoms with E-state index in [1.165, 1.54) is 11.1 Å². The van der Waals surface area contributed by atoms with Crippen LogP contribution in [0.4, 0.5) is 0 Å². The van der Waals surface area contributed by atoms with Crippen LogP contribution in [0.3, 0.4) is 0 Å². The third kappa shape index (κ3) is 6.19. The van der Waals surface area contributed by atoms with Crippen molar-refractivity contribution in [1.82, 2.24) is 5.32 Å². The highest BCUT2D eigenvalue weighted by atomic mass is 16.5. The Hall–Kier alpha value is -0.900. The lowest BCUT2D eigenvalue weighted by molar-refractivity contribution is -0.000526. The molecule has 19 heavy (non-hydrogen) atoms. The van der Waals surface area contributed by atoms with Gasteiger partial charge in [-0.05, 0) is 32.4 Å². The summed E-state index contributed by atoms with van der Waals surface area (Å²) in [5, 5.41) is 3.54. The molecule has 0 fully saturated rings. The second-order valence-electron chi connectivity index (χ2n) is 5.02. The average Bonchev–Trinajstić information content (AvgIpc) is 2.40. The van der Waals surface area contributed by atoms with Gasteiger partial charge in [0, 0.05) is 7.11 Å². The highest BCUT2D eigenvalue weighted by Gasteiger charge is 2.12. The van der Waals surface area contributed by atoms with Gasteiger partial charge in [-0.25, -0.2) is 0 Å². The van der Waals surface area contributed by atoms with Crippen LogP contribution in [0.15, 0.2) is 24.3 Å². The number of ether oxygens (including phenoxy) is 2. The van der Waals surface area contributed by atoms with Crippen molar-refractivity contribution in [2.75, 3.05) is 26.9 Å². The molecule has 2 atom stereocenters. The Labute approximate surface area is 117 Å².